The summed E-state index contributed by atoms with van der Waals surface area (Å²) in [4.78, 5) is 14.6. The molecule has 1 atom stereocenters. The van der Waals surface area contributed by atoms with Gasteiger partial charge >= 0.3 is 0 Å². The fraction of sp³-hybridized carbons (Fsp3) is 0.632. The van der Waals surface area contributed by atoms with Crippen LogP contribution in [-0.2, 0) is 9.53 Å². The lowest BCUT2D eigenvalue weighted by Crippen LogP contribution is -2.43. The van der Waals surface area contributed by atoms with Crippen molar-refractivity contribution in [1.29, 1.82) is 0 Å². The van der Waals surface area contributed by atoms with Crippen molar-refractivity contribution < 1.29 is 13.9 Å². The first-order valence-electron chi connectivity index (χ1n) is 9.14. The predicted octanol–water partition coefficient (Wildman–Crippen LogP) is 2.43. The number of hydrogen-bond donors (Lipinski definition) is 1. The molecule has 2 aliphatic heterocycles. The second kappa shape index (κ2) is 8.47. The van der Waals surface area contributed by atoms with Gasteiger partial charge in [-0.1, -0.05) is 0 Å². The van der Waals surface area contributed by atoms with Gasteiger partial charge in [-0.25, -0.2) is 0 Å². The van der Waals surface area contributed by atoms with E-state index in [0.29, 0.717) is 39.0 Å². The molecular formula is C19H26N4O3. The molecular weight excluding hydrogens is 332 g/mol. The summed E-state index contributed by atoms with van der Waals surface area (Å²) in [5, 5.41) is 11.2. The van der Waals surface area contributed by atoms with E-state index >= 15 is 0 Å². The van der Waals surface area contributed by atoms with Crippen molar-refractivity contribution in [3.8, 4) is 12.3 Å². The molecule has 3 rings (SSSR count). The third-order valence-electron chi connectivity index (χ3n) is 4.87. The van der Waals surface area contributed by atoms with Crippen LogP contribution in [0.4, 0.5) is 0 Å². The van der Waals surface area contributed by atoms with E-state index in [1.165, 1.54) is 0 Å². The van der Waals surface area contributed by atoms with Gasteiger partial charge in [0.2, 0.25) is 5.91 Å². The minimum Gasteiger partial charge on any atom is -0.465 e. The van der Waals surface area contributed by atoms with E-state index < -0.39 is 5.66 Å². The molecule has 1 N–H and O–H groups in total. The van der Waals surface area contributed by atoms with Crippen LogP contribution in [0.1, 0.15) is 43.2 Å². The Bertz CT molecular complexity index is 679. The molecule has 26 heavy (non-hydrogen) atoms. The van der Waals surface area contributed by atoms with Crippen LogP contribution >= 0.6 is 0 Å². The van der Waals surface area contributed by atoms with Gasteiger partial charge in [0.25, 0.3) is 0 Å². The molecule has 1 unspecified atom stereocenters. The number of terminal acetylenes is 1. The molecule has 7 heteroatoms. The molecule has 0 radical (unpaired) electrons. The first-order valence-corrected chi connectivity index (χ1v) is 9.14. The van der Waals surface area contributed by atoms with E-state index in [2.05, 4.69) is 26.4 Å². The number of morpholine rings is 1. The summed E-state index contributed by atoms with van der Waals surface area (Å²) in [5.41, 5.74) is -0.411. The highest BCUT2D eigenvalue weighted by Gasteiger charge is 2.39. The summed E-state index contributed by atoms with van der Waals surface area (Å²) in [7, 11) is 0. The quantitative estimate of drug-likeness (QED) is 0.688. The Morgan fingerprint density at radius 1 is 1.38 bits per heavy atom. The number of nitrogens with zero attached hydrogens (tertiary/aromatic N) is 3. The van der Waals surface area contributed by atoms with E-state index in [-0.39, 0.29) is 11.9 Å². The van der Waals surface area contributed by atoms with E-state index in [9.17, 15) is 4.79 Å². The molecule has 2 aliphatic rings. The van der Waals surface area contributed by atoms with Gasteiger partial charge in [0, 0.05) is 45.3 Å². The number of carbonyl (C=O) groups is 1. The van der Waals surface area contributed by atoms with Gasteiger partial charge in [-0.15, -0.1) is 12.3 Å². The Hall–Kier alpha value is -2.17. The van der Waals surface area contributed by atoms with Crippen LogP contribution in [0.2, 0.25) is 0 Å². The predicted molar refractivity (Wildman–Crippen MR) is 96.5 cm³/mol. The Morgan fingerprint density at radius 2 is 2.15 bits per heavy atom. The molecule has 1 aromatic rings. The minimum absolute atomic E-state index is 0.00363. The van der Waals surface area contributed by atoms with E-state index in [0.717, 1.165) is 31.0 Å². The van der Waals surface area contributed by atoms with Gasteiger partial charge in [-0.05, 0) is 19.1 Å². The van der Waals surface area contributed by atoms with Gasteiger partial charge in [-0.2, -0.15) is 10.2 Å². The fourth-order valence-corrected chi connectivity index (χ4v) is 3.21. The molecule has 3 heterocycles. The molecule has 1 amide bonds. The third-order valence-corrected chi connectivity index (χ3v) is 4.87. The second-order valence-corrected chi connectivity index (χ2v) is 6.80. The highest BCUT2D eigenvalue weighted by atomic mass is 16.5. The van der Waals surface area contributed by atoms with Gasteiger partial charge < -0.3 is 14.5 Å². The van der Waals surface area contributed by atoms with Crippen molar-refractivity contribution in [2.75, 3.05) is 32.8 Å². The first-order chi connectivity index (χ1) is 12.6. The third kappa shape index (κ3) is 4.93. The normalized spacial score (nSPS) is 19.7. The van der Waals surface area contributed by atoms with Crippen LogP contribution in [0.5, 0.6) is 0 Å². The van der Waals surface area contributed by atoms with Gasteiger partial charge in [-0.3, -0.25) is 9.69 Å². The van der Waals surface area contributed by atoms with Crippen LogP contribution in [0.25, 0.3) is 0 Å². The summed E-state index contributed by atoms with van der Waals surface area (Å²) in [6.45, 7) is 5.49. The highest BCUT2D eigenvalue weighted by Crippen LogP contribution is 2.37. The average Bonchev–Trinajstić information content (AvgIpc) is 3.31. The smallest absolute Gasteiger partial charge is 0.220 e. The molecule has 7 nitrogen and oxygen atoms in total. The Balaban J connectivity index is 1.50. The van der Waals surface area contributed by atoms with Crippen molar-refractivity contribution in [2.24, 2.45) is 10.2 Å². The van der Waals surface area contributed by atoms with Crippen LogP contribution in [0.3, 0.4) is 0 Å². The number of furan rings is 1. The van der Waals surface area contributed by atoms with Crippen molar-refractivity contribution in [3.63, 3.8) is 0 Å². The fourth-order valence-electron chi connectivity index (χ4n) is 3.21. The number of ether oxygens (including phenoxy) is 1. The number of aryl methyl sites for hydroxylation is 1. The highest BCUT2D eigenvalue weighted by molar-refractivity contribution is 5.76. The van der Waals surface area contributed by atoms with Gasteiger partial charge in [0.05, 0.1) is 19.3 Å². The lowest BCUT2D eigenvalue weighted by atomic mass is 10.0. The average molecular weight is 358 g/mol. The summed E-state index contributed by atoms with van der Waals surface area (Å²) in [5.74, 6) is 4.35. The maximum atomic E-state index is 12.3. The molecule has 0 saturated carbocycles. The molecule has 1 aromatic heterocycles. The largest absolute Gasteiger partial charge is 0.465 e. The molecule has 0 aliphatic carbocycles. The van der Waals surface area contributed by atoms with Gasteiger partial charge in [0.1, 0.15) is 11.5 Å². The SMILES string of the molecule is C#CCCC1(CCC(=O)NCC(c2ccc(C)o2)N2CCOCC2)N=N1. The maximum absolute atomic E-state index is 12.3. The van der Waals surface area contributed by atoms with Crippen molar-refractivity contribution in [3.05, 3.63) is 23.7 Å². The topological polar surface area (TPSA) is 79.4 Å². The molecule has 0 aromatic carbocycles. The van der Waals surface area contributed by atoms with E-state index in [4.69, 9.17) is 15.6 Å². The molecule has 0 spiro atoms. The van der Waals surface area contributed by atoms with Crippen molar-refractivity contribution in [1.82, 2.24) is 10.2 Å². The lowest BCUT2D eigenvalue weighted by Gasteiger charge is -2.33. The first kappa shape index (κ1) is 18.6. The number of rotatable bonds is 9. The second-order valence-electron chi connectivity index (χ2n) is 6.80. The van der Waals surface area contributed by atoms with Crippen LogP contribution in [0, 0.1) is 19.3 Å². The zero-order valence-corrected chi connectivity index (χ0v) is 15.2. The monoisotopic (exact) mass is 358 g/mol. The standard InChI is InChI=1S/C19H26N4O3/c1-3-4-8-19(21-22-19)9-7-18(24)20-14-16(17-6-5-15(2)26-17)23-10-12-25-13-11-23/h1,5-6,16H,4,7-14H2,2H3,(H,20,24). The number of hydrogen-bond acceptors (Lipinski definition) is 6. The van der Waals surface area contributed by atoms with E-state index in [1.54, 1.807) is 0 Å². The number of amides is 1. The van der Waals surface area contributed by atoms with Crippen molar-refractivity contribution >= 4 is 5.91 Å². The molecule has 140 valence electrons. The van der Waals surface area contributed by atoms with Crippen molar-refractivity contribution in [2.45, 2.75) is 44.3 Å². The Kier molecular flexibility index (Phi) is 6.07. The zero-order chi connectivity index (χ0) is 18.4. The molecule has 1 fully saturated rings. The van der Waals surface area contributed by atoms with Crippen LogP contribution in [-0.4, -0.2) is 49.3 Å². The molecule has 1 saturated heterocycles. The van der Waals surface area contributed by atoms with Crippen LogP contribution in [0.15, 0.2) is 26.8 Å². The zero-order valence-electron chi connectivity index (χ0n) is 15.2. The van der Waals surface area contributed by atoms with Gasteiger partial charge in [0.15, 0.2) is 5.66 Å². The minimum atomic E-state index is -0.411. The summed E-state index contributed by atoms with van der Waals surface area (Å²) in [6, 6.07) is 3.95. The van der Waals surface area contributed by atoms with Crippen LogP contribution < -0.4 is 5.32 Å². The maximum Gasteiger partial charge on any atom is 0.220 e. The number of nitrogens with one attached hydrogen (secondary N) is 1. The Morgan fingerprint density at radius 3 is 2.77 bits per heavy atom. The lowest BCUT2D eigenvalue weighted by molar-refractivity contribution is -0.121. The van der Waals surface area contributed by atoms with E-state index in [1.807, 2.05) is 19.1 Å². The number of carbonyl (C=O) groups excluding carboxylic acids is 1. The Labute approximate surface area is 154 Å². The molecule has 0 bridgehead atoms. The summed E-state index contributed by atoms with van der Waals surface area (Å²) < 4.78 is 11.3. The summed E-state index contributed by atoms with van der Waals surface area (Å²) in [6.07, 6.45) is 7.65. The summed E-state index contributed by atoms with van der Waals surface area (Å²) >= 11 is 0.